The van der Waals surface area contributed by atoms with Crippen molar-refractivity contribution in [1.29, 1.82) is 0 Å². The highest BCUT2D eigenvalue weighted by atomic mass is 35.5. The van der Waals surface area contributed by atoms with Gasteiger partial charge in [-0.15, -0.1) is 0 Å². The molecular formula is C22H21ClN4O3S. The zero-order valence-corrected chi connectivity index (χ0v) is 18.5. The van der Waals surface area contributed by atoms with Gasteiger partial charge in [0.25, 0.3) is 5.91 Å². The largest absolute Gasteiger partial charge is 0.493 e. The predicted octanol–water partition coefficient (Wildman–Crippen LogP) is 4.66. The Morgan fingerprint density at radius 2 is 2.03 bits per heavy atom. The lowest BCUT2D eigenvalue weighted by molar-refractivity contribution is -0.120. The molecule has 0 spiro atoms. The van der Waals surface area contributed by atoms with Crippen LogP contribution in [0.15, 0.2) is 61.2 Å². The second-order valence-corrected chi connectivity index (χ2v) is 8.14. The van der Waals surface area contributed by atoms with Gasteiger partial charge in [-0.25, -0.2) is 9.97 Å². The summed E-state index contributed by atoms with van der Waals surface area (Å²) in [7, 11) is 1.57. The van der Waals surface area contributed by atoms with Crippen molar-refractivity contribution in [3.8, 4) is 11.5 Å². The molecule has 0 radical (unpaired) electrons. The maximum atomic E-state index is 13.1. The molecule has 160 valence electrons. The molecule has 2 aromatic carbocycles. The molecule has 0 aliphatic rings. The molecule has 7 nitrogen and oxygen atoms in total. The number of carbonyl (C=O) groups is 1. The van der Waals surface area contributed by atoms with Crippen molar-refractivity contribution in [3.63, 3.8) is 0 Å². The summed E-state index contributed by atoms with van der Waals surface area (Å²) in [6.45, 7) is 1.10. The van der Waals surface area contributed by atoms with Crippen molar-refractivity contribution in [2.75, 3.05) is 25.2 Å². The molecule has 0 saturated carbocycles. The van der Waals surface area contributed by atoms with Gasteiger partial charge in [-0.3, -0.25) is 9.69 Å². The minimum absolute atomic E-state index is 0.130. The molecule has 0 N–H and O–H groups in total. The Hall–Kier alpha value is -3.10. The standard InChI is InChI=1S/C22H21ClN4O3S/c1-29-17-7-2-3-8-18(17)30-14-20(28)27(12-5-11-26-13-10-24-15-26)22-25-21-16(23)6-4-9-19(21)31-22/h2-4,6-10,13,15H,5,11-12,14H2,1H3. The molecule has 0 atom stereocenters. The Labute approximate surface area is 188 Å². The number of ether oxygens (including phenoxy) is 2. The average molecular weight is 457 g/mol. The number of hydrogen-bond acceptors (Lipinski definition) is 6. The van der Waals surface area contributed by atoms with Crippen LogP contribution in [0.4, 0.5) is 5.13 Å². The highest BCUT2D eigenvalue weighted by molar-refractivity contribution is 7.22. The fraction of sp³-hybridized carbons (Fsp3) is 0.227. The lowest BCUT2D eigenvalue weighted by Gasteiger charge is -2.20. The first-order valence-electron chi connectivity index (χ1n) is 9.72. The van der Waals surface area contributed by atoms with E-state index in [0.29, 0.717) is 33.7 Å². The first-order valence-corrected chi connectivity index (χ1v) is 10.9. The molecule has 2 heterocycles. The van der Waals surface area contributed by atoms with E-state index in [1.165, 1.54) is 11.3 Å². The molecule has 0 aliphatic carbocycles. The second kappa shape index (κ2) is 9.80. The predicted molar refractivity (Wildman–Crippen MR) is 122 cm³/mol. The lowest BCUT2D eigenvalue weighted by atomic mass is 10.3. The summed E-state index contributed by atoms with van der Waals surface area (Å²) < 4.78 is 14.0. The van der Waals surface area contributed by atoms with Gasteiger partial charge in [0.05, 0.1) is 23.2 Å². The molecule has 4 rings (SSSR count). The Morgan fingerprint density at radius 1 is 1.19 bits per heavy atom. The molecule has 0 saturated heterocycles. The van der Waals surface area contributed by atoms with Crippen LogP contribution >= 0.6 is 22.9 Å². The normalized spacial score (nSPS) is 10.9. The van der Waals surface area contributed by atoms with E-state index in [-0.39, 0.29) is 12.5 Å². The number of rotatable bonds is 9. The fourth-order valence-corrected chi connectivity index (χ4v) is 4.44. The molecule has 0 unspecified atom stereocenters. The van der Waals surface area contributed by atoms with Crippen LogP contribution in [0.2, 0.25) is 5.02 Å². The van der Waals surface area contributed by atoms with Crippen molar-refractivity contribution < 1.29 is 14.3 Å². The van der Waals surface area contributed by atoms with E-state index in [0.717, 1.165) is 17.7 Å². The van der Waals surface area contributed by atoms with Crippen LogP contribution in [0.25, 0.3) is 10.2 Å². The van der Waals surface area contributed by atoms with E-state index in [4.69, 9.17) is 21.1 Å². The summed E-state index contributed by atoms with van der Waals surface area (Å²) in [5.74, 6) is 0.907. The summed E-state index contributed by atoms with van der Waals surface area (Å²) in [4.78, 5) is 23.5. The van der Waals surface area contributed by atoms with Crippen molar-refractivity contribution in [2.45, 2.75) is 13.0 Å². The SMILES string of the molecule is COc1ccccc1OCC(=O)N(CCCn1ccnc1)c1nc2c(Cl)cccc2s1. The highest BCUT2D eigenvalue weighted by Gasteiger charge is 2.21. The second-order valence-electron chi connectivity index (χ2n) is 6.72. The molecule has 0 fully saturated rings. The first-order chi connectivity index (χ1) is 15.2. The first kappa shape index (κ1) is 21.1. The number of methoxy groups -OCH3 is 1. The smallest absolute Gasteiger partial charge is 0.266 e. The van der Waals surface area contributed by atoms with E-state index in [2.05, 4.69) is 9.97 Å². The minimum Gasteiger partial charge on any atom is -0.493 e. The number of aryl methyl sites for hydroxylation is 1. The summed E-state index contributed by atoms with van der Waals surface area (Å²) in [5.41, 5.74) is 0.697. The van der Waals surface area contributed by atoms with Crippen LogP contribution in [0, 0.1) is 0 Å². The van der Waals surface area contributed by atoms with Gasteiger partial charge >= 0.3 is 0 Å². The number of para-hydroxylation sites is 3. The zero-order valence-electron chi connectivity index (χ0n) is 16.9. The van der Waals surface area contributed by atoms with Crippen LogP contribution < -0.4 is 14.4 Å². The Morgan fingerprint density at radius 3 is 2.77 bits per heavy atom. The number of anilines is 1. The van der Waals surface area contributed by atoms with E-state index < -0.39 is 0 Å². The Balaban J connectivity index is 1.53. The number of hydrogen-bond donors (Lipinski definition) is 0. The number of amides is 1. The van der Waals surface area contributed by atoms with E-state index in [1.54, 1.807) is 42.7 Å². The van der Waals surface area contributed by atoms with Gasteiger partial charge in [0, 0.05) is 25.5 Å². The van der Waals surface area contributed by atoms with Gasteiger partial charge in [0.1, 0.15) is 5.52 Å². The Bertz CT molecular complexity index is 1160. The van der Waals surface area contributed by atoms with Crippen molar-refractivity contribution >= 4 is 44.2 Å². The van der Waals surface area contributed by atoms with Gasteiger partial charge in [-0.2, -0.15) is 0 Å². The fourth-order valence-electron chi connectivity index (χ4n) is 3.13. The summed E-state index contributed by atoms with van der Waals surface area (Å²) in [6, 6.07) is 12.9. The quantitative estimate of drug-likeness (QED) is 0.366. The van der Waals surface area contributed by atoms with Crippen molar-refractivity contribution in [3.05, 3.63) is 66.2 Å². The minimum atomic E-state index is -0.188. The van der Waals surface area contributed by atoms with Gasteiger partial charge in [0.15, 0.2) is 23.2 Å². The van der Waals surface area contributed by atoms with Crippen molar-refractivity contribution in [1.82, 2.24) is 14.5 Å². The molecule has 1 amide bonds. The number of carbonyl (C=O) groups excluding carboxylic acids is 1. The van der Waals surface area contributed by atoms with Gasteiger partial charge in [0.2, 0.25) is 0 Å². The summed E-state index contributed by atoms with van der Waals surface area (Å²) in [5, 5.41) is 1.17. The molecule has 2 aromatic heterocycles. The monoisotopic (exact) mass is 456 g/mol. The van der Waals surface area contributed by atoms with Crippen LogP contribution in [-0.2, 0) is 11.3 Å². The molecule has 0 aliphatic heterocycles. The summed E-state index contributed by atoms with van der Waals surface area (Å²) >= 11 is 7.73. The molecule has 9 heteroatoms. The number of thiazole rings is 1. The Kier molecular flexibility index (Phi) is 6.69. The maximum absolute atomic E-state index is 13.1. The number of benzene rings is 2. The van der Waals surface area contributed by atoms with Crippen LogP contribution in [0.1, 0.15) is 6.42 Å². The number of imidazole rings is 1. The molecule has 31 heavy (non-hydrogen) atoms. The van der Waals surface area contributed by atoms with E-state index >= 15 is 0 Å². The van der Waals surface area contributed by atoms with Gasteiger partial charge in [-0.05, 0) is 30.7 Å². The van der Waals surface area contributed by atoms with Crippen molar-refractivity contribution in [2.24, 2.45) is 0 Å². The topological polar surface area (TPSA) is 69.5 Å². The maximum Gasteiger partial charge on any atom is 0.266 e. The van der Waals surface area contributed by atoms with Crippen LogP contribution in [-0.4, -0.2) is 40.7 Å². The molecule has 4 aromatic rings. The van der Waals surface area contributed by atoms with E-state index in [1.807, 2.05) is 35.0 Å². The number of fused-ring (bicyclic) bond motifs is 1. The number of aromatic nitrogens is 3. The highest BCUT2D eigenvalue weighted by Crippen LogP contribution is 2.33. The molecular weight excluding hydrogens is 436 g/mol. The summed E-state index contributed by atoms with van der Waals surface area (Å²) in [6.07, 6.45) is 6.13. The van der Waals surface area contributed by atoms with Gasteiger partial charge < -0.3 is 14.0 Å². The third kappa shape index (κ3) is 4.98. The molecule has 0 bridgehead atoms. The van der Waals surface area contributed by atoms with E-state index in [9.17, 15) is 4.79 Å². The third-order valence-electron chi connectivity index (χ3n) is 4.67. The van der Waals surface area contributed by atoms with Gasteiger partial charge in [-0.1, -0.05) is 41.1 Å². The lowest BCUT2D eigenvalue weighted by Crippen LogP contribution is -2.36. The van der Waals surface area contributed by atoms with Crippen LogP contribution in [0.3, 0.4) is 0 Å². The van der Waals surface area contributed by atoms with Crippen LogP contribution in [0.5, 0.6) is 11.5 Å². The third-order valence-corrected chi connectivity index (χ3v) is 6.02. The number of halogens is 1. The zero-order chi connectivity index (χ0) is 21.6. The average Bonchev–Trinajstić information content (AvgIpc) is 3.46. The number of nitrogens with zero attached hydrogens (tertiary/aromatic N) is 4.